The second-order valence-corrected chi connectivity index (χ2v) is 7.80. The van der Waals surface area contributed by atoms with Gasteiger partial charge in [-0.2, -0.15) is 0 Å². The fraction of sp³-hybridized carbons (Fsp3) is 0.684. The highest BCUT2D eigenvalue weighted by Crippen LogP contribution is 2.31. The van der Waals surface area contributed by atoms with Crippen molar-refractivity contribution in [3.05, 3.63) is 28.0 Å². The van der Waals surface area contributed by atoms with Gasteiger partial charge in [-0.25, -0.2) is 0 Å². The highest BCUT2D eigenvalue weighted by molar-refractivity contribution is 9.10. The molecule has 1 aromatic rings. The van der Waals surface area contributed by atoms with Crippen LogP contribution in [0.3, 0.4) is 0 Å². The predicted molar refractivity (Wildman–Crippen MR) is 101 cm³/mol. The maximum atomic E-state index is 11.6. The molecule has 0 aliphatic heterocycles. The zero-order valence-electron chi connectivity index (χ0n) is 15.1. The van der Waals surface area contributed by atoms with Gasteiger partial charge in [0.2, 0.25) is 0 Å². The lowest BCUT2D eigenvalue weighted by Crippen LogP contribution is -2.30. The molecule has 2 rings (SSSR count). The number of aliphatic hydroxyl groups excluding tert-OH is 1. The van der Waals surface area contributed by atoms with Crippen molar-refractivity contribution in [1.82, 2.24) is 10.3 Å². The average molecular weight is 413 g/mol. The van der Waals surface area contributed by atoms with E-state index in [9.17, 15) is 9.90 Å². The SMILES string of the molecule is CCOC(=O)CC1CCC(CNC(C)c2ncc(Br)cc2CO)CC1. The van der Waals surface area contributed by atoms with Crippen molar-refractivity contribution < 1.29 is 14.6 Å². The van der Waals surface area contributed by atoms with Crippen LogP contribution in [0.2, 0.25) is 0 Å². The van der Waals surface area contributed by atoms with Crippen LogP contribution in [0.15, 0.2) is 16.7 Å². The van der Waals surface area contributed by atoms with E-state index < -0.39 is 0 Å². The standard InChI is InChI=1S/C19H29BrN2O3/c1-3-25-18(24)8-14-4-6-15(7-5-14)10-21-13(2)19-16(12-23)9-17(20)11-22-19/h9,11,13-15,21,23H,3-8,10,12H2,1-2H3. The number of carbonyl (C=O) groups is 1. The number of halogens is 1. The second kappa shape index (κ2) is 10.2. The third kappa shape index (κ3) is 6.35. The van der Waals surface area contributed by atoms with Crippen LogP contribution < -0.4 is 5.32 Å². The number of esters is 1. The van der Waals surface area contributed by atoms with Crippen LogP contribution in [0.4, 0.5) is 0 Å². The zero-order valence-corrected chi connectivity index (χ0v) is 16.7. The summed E-state index contributed by atoms with van der Waals surface area (Å²) in [5.74, 6) is 1.05. The lowest BCUT2D eigenvalue weighted by molar-refractivity contribution is -0.144. The minimum atomic E-state index is -0.0597. The van der Waals surface area contributed by atoms with E-state index in [1.807, 2.05) is 13.0 Å². The monoisotopic (exact) mass is 412 g/mol. The number of rotatable bonds is 8. The Morgan fingerprint density at radius 1 is 1.40 bits per heavy atom. The summed E-state index contributed by atoms with van der Waals surface area (Å²) in [5.41, 5.74) is 1.76. The Labute approximate surface area is 158 Å². The Hall–Kier alpha value is -0.980. The molecule has 0 amide bonds. The molecule has 0 aromatic carbocycles. The van der Waals surface area contributed by atoms with Crippen molar-refractivity contribution in [3.63, 3.8) is 0 Å². The topological polar surface area (TPSA) is 71.5 Å². The van der Waals surface area contributed by atoms with Crippen molar-refractivity contribution in [1.29, 1.82) is 0 Å². The summed E-state index contributed by atoms with van der Waals surface area (Å²) < 4.78 is 5.93. The number of pyridine rings is 1. The third-order valence-corrected chi connectivity index (χ3v) is 5.42. The highest BCUT2D eigenvalue weighted by atomic mass is 79.9. The summed E-state index contributed by atoms with van der Waals surface area (Å²) in [5, 5.41) is 13.1. The van der Waals surface area contributed by atoms with Gasteiger partial charge in [0.1, 0.15) is 0 Å². The van der Waals surface area contributed by atoms with Crippen molar-refractivity contribution in [3.8, 4) is 0 Å². The summed E-state index contributed by atoms with van der Waals surface area (Å²) in [4.78, 5) is 16.0. The van der Waals surface area contributed by atoms with Gasteiger partial charge in [-0.3, -0.25) is 9.78 Å². The summed E-state index contributed by atoms with van der Waals surface area (Å²) in [6, 6.07) is 2.02. The Morgan fingerprint density at radius 3 is 2.72 bits per heavy atom. The Morgan fingerprint density at radius 2 is 2.08 bits per heavy atom. The molecule has 0 spiro atoms. The van der Waals surface area contributed by atoms with E-state index >= 15 is 0 Å². The molecule has 0 bridgehead atoms. The average Bonchev–Trinajstić information content (AvgIpc) is 2.61. The second-order valence-electron chi connectivity index (χ2n) is 6.88. The first-order valence-corrected chi connectivity index (χ1v) is 9.96. The molecule has 1 aromatic heterocycles. The normalized spacial score (nSPS) is 21.8. The van der Waals surface area contributed by atoms with Gasteiger partial charge in [-0.1, -0.05) is 0 Å². The van der Waals surface area contributed by atoms with Gasteiger partial charge in [0.05, 0.1) is 18.9 Å². The molecular formula is C19H29BrN2O3. The summed E-state index contributed by atoms with van der Waals surface area (Å²) in [6.45, 7) is 5.34. The number of aromatic nitrogens is 1. The van der Waals surface area contributed by atoms with E-state index in [0.717, 1.165) is 48.0 Å². The van der Waals surface area contributed by atoms with E-state index in [2.05, 4.69) is 33.2 Å². The Bertz CT molecular complexity index is 560. The van der Waals surface area contributed by atoms with Crippen LogP contribution in [0.5, 0.6) is 0 Å². The lowest BCUT2D eigenvalue weighted by Gasteiger charge is -2.29. The predicted octanol–water partition coefficient (Wildman–Crippen LogP) is 3.75. The van der Waals surface area contributed by atoms with Gasteiger partial charge in [0.15, 0.2) is 0 Å². The molecule has 2 N–H and O–H groups in total. The van der Waals surface area contributed by atoms with Gasteiger partial charge >= 0.3 is 5.97 Å². The molecule has 1 fully saturated rings. The Balaban J connectivity index is 1.76. The molecular weight excluding hydrogens is 384 g/mol. The molecule has 1 unspecified atom stereocenters. The molecule has 140 valence electrons. The maximum Gasteiger partial charge on any atom is 0.306 e. The largest absolute Gasteiger partial charge is 0.466 e. The van der Waals surface area contributed by atoms with Crippen molar-refractivity contribution in [2.24, 2.45) is 11.8 Å². The number of ether oxygens (including phenoxy) is 1. The minimum Gasteiger partial charge on any atom is -0.466 e. The van der Waals surface area contributed by atoms with E-state index in [4.69, 9.17) is 4.74 Å². The van der Waals surface area contributed by atoms with Crippen LogP contribution in [-0.4, -0.2) is 29.2 Å². The molecule has 1 saturated carbocycles. The van der Waals surface area contributed by atoms with E-state index in [-0.39, 0.29) is 18.6 Å². The highest BCUT2D eigenvalue weighted by Gasteiger charge is 2.24. The van der Waals surface area contributed by atoms with Crippen LogP contribution in [0, 0.1) is 11.8 Å². The fourth-order valence-electron chi connectivity index (χ4n) is 3.54. The maximum absolute atomic E-state index is 11.6. The number of aliphatic hydroxyl groups is 1. The molecule has 25 heavy (non-hydrogen) atoms. The van der Waals surface area contributed by atoms with Gasteiger partial charge in [-0.05, 0) is 79.9 Å². The summed E-state index contributed by atoms with van der Waals surface area (Å²) in [7, 11) is 0. The van der Waals surface area contributed by atoms with Gasteiger partial charge in [-0.15, -0.1) is 0 Å². The van der Waals surface area contributed by atoms with Crippen LogP contribution in [0.25, 0.3) is 0 Å². The van der Waals surface area contributed by atoms with Crippen LogP contribution >= 0.6 is 15.9 Å². The van der Waals surface area contributed by atoms with Crippen molar-refractivity contribution in [2.75, 3.05) is 13.2 Å². The van der Waals surface area contributed by atoms with Crippen LogP contribution in [0.1, 0.15) is 63.3 Å². The first-order chi connectivity index (χ1) is 12.0. The molecule has 5 nitrogen and oxygen atoms in total. The van der Waals surface area contributed by atoms with Crippen molar-refractivity contribution in [2.45, 2.75) is 58.6 Å². The number of hydrogen-bond acceptors (Lipinski definition) is 5. The zero-order chi connectivity index (χ0) is 18.2. The number of carbonyl (C=O) groups excluding carboxylic acids is 1. The van der Waals surface area contributed by atoms with E-state index in [1.54, 1.807) is 6.20 Å². The summed E-state index contributed by atoms with van der Waals surface area (Å²) >= 11 is 3.39. The van der Waals surface area contributed by atoms with Gasteiger partial charge in [0.25, 0.3) is 0 Å². The van der Waals surface area contributed by atoms with Crippen LogP contribution in [-0.2, 0) is 16.1 Å². The molecule has 0 saturated heterocycles. The number of nitrogens with one attached hydrogen (secondary N) is 1. The Kier molecular flexibility index (Phi) is 8.33. The smallest absolute Gasteiger partial charge is 0.306 e. The fourth-order valence-corrected chi connectivity index (χ4v) is 3.92. The minimum absolute atomic E-state index is 0.00718. The van der Waals surface area contributed by atoms with E-state index in [1.165, 1.54) is 0 Å². The molecule has 1 aliphatic carbocycles. The van der Waals surface area contributed by atoms with Gasteiger partial charge < -0.3 is 15.2 Å². The first-order valence-electron chi connectivity index (χ1n) is 9.17. The lowest BCUT2D eigenvalue weighted by atomic mass is 9.80. The van der Waals surface area contributed by atoms with Gasteiger partial charge in [0, 0.05) is 28.7 Å². The summed E-state index contributed by atoms with van der Waals surface area (Å²) in [6.07, 6.45) is 6.81. The number of hydrogen-bond donors (Lipinski definition) is 2. The van der Waals surface area contributed by atoms with Crippen molar-refractivity contribution >= 4 is 21.9 Å². The first kappa shape index (κ1) is 20.3. The molecule has 1 heterocycles. The molecule has 1 aliphatic rings. The quantitative estimate of drug-likeness (QED) is 0.636. The van der Waals surface area contributed by atoms with E-state index in [0.29, 0.717) is 24.9 Å². The molecule has 1 atom stereocenters. The molecule has 0 radical (unpaired) electrons. The number of nitrogens with zero attached hydrogens (tertiary/aromatic N) is 1. The third-order valence-electron chi connectivity index (χ3n) is 4.99. The molecule has 6 heteroatoms.